The van der Waals surface area contributed by atoms with Gasteiger partial charge < -0.3 is 10.1 Å². The van der Waals surface area contributed by atoms with E-state index in [-0.39, 0.29) is 11.6 Å². The van der Waals surface area contributed by atoms with Crippen LogP contribution >= 0.6 is 0 Å². The average Bonchev–Trinajstić information content (AvgIpc) is 2.78. The van der Waals surface area contributed by atoms with Gasteiger partial charge in [-0.2, -0.15) is 0 Å². The van der Waals surface area contributed by atoms with Crippen molar-refractivity contribution in [3.63, 3.8) is 0 Å². The van der Waals surface area contributed by atoms with Gasteiger partial charge in [-0.3, -0.25) is 4.79 Å². The van der Waals surface area contributed by atoms with Gasteiger partial charge in [0.05, 0.1) is 19.3 Å². The number of aryl methyl sites for hydroxylation is 1. The van der Waals surface area contributed by atoms with Crippen LogP contribution < -0.4 is 5.32 Å². The molecular weight excluding hydrogens is 236 g/mol. The van der Waals surface area contributed by atoms with Gasteiger partial charge >= 0.3 is 5.97 Å². The summed E-state index contributed by atoms with van der Waals surface area (Å²) in [4.78, 5) is 22.7. The summed E-state index contributed by atoms with van der Waals surface area (Å²) in [5, 5.41) is 10.2. The number of ether oxygens (including phenoxy) is 1. The third-order valence-corrected chi connectivity index (χ3v) is 2.53. The van der Waals surface area contributed by atoms with Crippen molar-refractivity contribution in [3.8, 4) is 0 Å². The zero-order chi connectivity index (χ0) is 13.5. The number of hydrogen-bond donors (Lipinski definition) is 1. The van der Waals surface area contributed by atoms with Gasteiger partial charge in [-0.05, 0) is 6.42 Å². The first kappa shape index (κ1) is 14.1. The van der Waals surface area contributed by atoms with Crippen LogP contribution in [-0.2, 0) is 22.5 Å². The lowest BCUT2D eigenvalue weighted by atomic mass is 10.2. The summed E-state index contributed by atoms with van der Waals surface area (Å²) in [6.45, 7) is 2.40. The smallest absolute Gasteiger partial charge is 0.360 e. The van der Waals surface area contributed by atoms with Gasteiger partial charge in [0.1, 0.15) is 0 Å². The van der Waals surface area contributed by atoms with E-state index in [0.29, 0.717) is 25.1 Å². The standard InChI is InChI=1S/C11H18N4O3/c1-4-5-8-10(11(17)18-3)13-14-15(8)7-6-9(16)12-2/h4-7H2,1-3H3,(H,12,16). The molecule has 0 aliphatic carbocycles. The molecule has 0 radical (unpaired) electrons. The zero-order valence-corrected chi connectivity index (χ0v) is 10.9. The molecule has 7 heteroatoms. The molecule has 0 atom stereocenters. The van der Waals surface area contributed by atoms with Gasteiger partial charge in [-0.25, -0.2) is 9.48 Å². The van der Waals surface area contributed by atoms with Crippen molar-refractivity contribution < 1.29 is 14.3 Å². The molecule has 7 nitrogen and oxygen atoms in total. The molecule has 100 valence electrons. The lowest BCUT2D eigenvalue weighted by Crippen LogP contribution is -2.20. The summed E-state index contributed by atoms with van der Waals surface area (Å²) < 4.78 is 6.24. The minimum Gasteiger partial charge on any atom is -0.464 e. The molecule has 0 saturated heterocycles. The van der Waals surface area contributed by atoms with Crippen LogP contribution in [0.25, 0.3) is 0 Å². The highest BCUT2D eigenvalue weighted by Crippen LogP contribution is 2.10. The molecular formula is C11H18N4O3. The molecule has 18 heavy (non-hydrogen) atoms. The Morgan fingerprint density at radius 1 is 1.44 bits per heavy atom. The van der Waals surface area contributed by atoms with E-state index in [4.69, 9.17) is 0 Å². The molecule has 1 aromatic heterocycles. The molecule has 0 aliphatic heterocycles. The fourth-order valence-electron chi connectivity index (χ4n) is 1.58. The Morgan fingerprint density at radius 2 is 2.17 bits per heavy atom. The molecule has 0 aliphatic rings. The molecule has 1 heterocycles. The van der Waals surface area contributed by atoms with Crippen LogP contribution in [0.2, 0.25) is 0 Å². The number of nitrogens with one attached hydrogen (secondary N) is 1. The highest BCUT2D eigenvalue weighted by Gasteiger charge is 2.19. The van der Waals surface area contributed by atoms with E-state index in [2.05, 4.69) is 20.4 Å². The fraction of sp³-hybridized carbons (Fsp3) is 0.636. The van der Waals surface area contributed by atoms with Gasteiger partial charge in [-0.15, -0.1) is 5.10 Å². The summed E-state index contributed by atoms with van der Waals surface area (Å²) in [7, 11) is 2.89. The summed E-state index contributed by atoms with van der Waals surface area (Å²) in [6, 6.07) is 0. The SMILES string of the molecule is CCCc1c(C(=O)OC)nnn1CCC(=O)NC. The number of hydrogen-bond acceptors (Lipinski definition) is 5. The highest BCUT2D eigenvalue weighted by molar-refractivity contribution is 5.88. The predicted octanol–water partition coefficient (Wildman–Crippen LogP) is 0.153. The molecule has 1 aromatic rings. The molecule has 0 spiro atoms. The second kappa shape index (κ2) is 6.73. The molecule has 0 bridgehead atoms. The van der Waals surface area contributed by atoms with Gasteiger partial charge in [-0.1, -0.05) is 18.6 Å². The maximum Gasteiger partial charge on any atom is 0.360 e. The molecule has 0 unspecified atom stereocenters. The maximum absolute atomic E-state index is 11.5. The number of carbonyl (C=O) groups excluding carboxylic acids is 2. The van der Waals surface area contributed by atoms with Crippen LogP contribution in [0.15, 0.2) is 0 Å². The van der Waals surface area contributed by atoms with E-state index >= 15 is 0 Å². The van der Waals surface area contributed by atoms with Crippen molar-refractivity contribution in [2.75, 3.05) is 14.2 Å². The van der Waals surface area contributed by atoms with Crippen LogP contribution in [0.5, 0.6) is 0 Å². The fourth-order valence-corrected chi connectivity index (χ4v) is 1.58. The first-order valence-electron chi connectivity index (χ1n) is 5.85. The Balaban J connectivity index is 2.87. The number of methoxy groups -OCH3 is 1. The van der Waals surface area contributed by atoms with E-state index in [9.17, 15) is 9.59 Å². The lowest BCUT2D eigenvalue weighted by molar-refractivity contribution is -0.120. The number of esters is 1. The van der Waals surface area contributed by atoms with Gasteiger partial charge in [0.2, 0.25) is 5.91 Å². The largest absolute Gasteiger partial charge is 0.464 e. The molecule has 0 fully saturated rings. The van der Waals surface area contributed by atoms with Crippen LogP contribution in [0, 0.1) is 0 Å². The normalized spacial score (nSPS) is 10.2. The molecule has 1 rings (SSSR count). The van der Waals surface area contributed by atoms with Crippen LogP contribution in [0.4, 0.5) is 0 Å². The van der Waals surface area contributed by atoms with E-state index in [1.165, 1.54) is 7.11 Å². The minimum atomic E-state index is -0.496. The summed E-state index contributed by atoms with van der Waals surface area (Å²) in [6.07, 6.45) is 1.83. The number of rotatable bonds is 6. The number of carbonyl (C=O) groups is 2. The highest BCUT2D eigenvalue weighted by atomic mass is 16.5. The Kier molecular flexibility index (Phi) is 5.29. The Hall–Kier alpha value is -1.92. The predicted molar refractivity (Wildman–Crippen MR) is 64.0 cm³/mol. The van der Waals surface area contributed by atoms with Crippen LogP contribution in [0.1, 0.15) is 35.9 Å². The van der Waals surface area contributed by atoms with Gasteiger partial charge in [0, 0.05) is 13.5 Å². The monoisotopic (exact) mass is 254 g/mol. The van der Waals surface area contributed by atoms with E-state index in [1.54, 1.807) is 11.7 Å². The minimum absolute atomic E-state index is 0.0763. The lowest BCUT2D eigenvalue weighted by Gasteiger charge is -2.06. The summed E-state index contributed by atoms with van der Waals surface area (Å²) >= 11 is 0. The number of aromatic nitrogens is 3. The van der Waals surface area contributed by atoms with Crippen LogP contribution in [-0.4, -0.2) is 41.0 Å². The number of nitrogens with zero attached hydrogens (tertiary/aromatic N) is 3. The van der Waals surface area contributed by atoms with Crippen molar-refractivity contribution in [1.82, 2.24) is 20.3 Å². The third kappa shape index (κ3) is 3.28. The van der Waals surface area contributed by atoms with Crippen LogP contribution in [0.3, 0.4) is 0 Å². The average molecular weight is 254 g/mol. The quantitative estimate of drug-likeness (QED) is 0.730. The van der Waals surface area contributed by atoms with E-state index < -0.39 is 5.97 Å². The Labute approximate surface area is 105 Å². The second-order valence-electron chi connectivity index (χ2n) is 3.77. The van der Waals surface area contributed by atoms with Gasteiger partial charge in [0.15, 0.2) is 5.69 Å². The van der Waals surface area contributed by atoms with E-state index in [0.717, 1.165) is 6.42 Å². The summed E-state index contributed by atoms with van der Waals surface area (Å²) in [5.74, 6) is -0.572. The molecule has 1 N–H and O–H groups in total. The van der Waals surface area contributed by atoms with E-state index in [1.807, 2.05) is 6.92 Å². The van der Waals surface area contributed by atoms with Crippen molar-refractivity contribution >= 4 is 11.9 Å². The summed E-state index contributed by atoms with van der Waals surface area (Å²) in [5.41, 5.74) is 0.949. The van der Waals surface area contributed by atoms with Gasteiger partial charge in [0.25, 0.3) is 0 Å². The van der Waals surface area contributed by atoms with Crippen molar-refractivity contribution in [2.24, 2.45) is 0 Å². The van der Waals surface area contributed by atoms with Crippen molar-refractivity contribution in [3.05, 3.63) is 11.4 Å². The third-order valence-electron chi connectivity index (χ3n) is 2.53. The molecule has 0 aromatic carbocycles. The first-order chi connectivity index (χ1) is 8.63. The molecule has 0 saturated carbocycles. The number of amides is 1. The zero-order valence-electron chi connectivity index (χ0n) is 10.9. The second-order valence-corrected chi connectivity index (χ2v) is 3.77. The molecule has 1 amide bonds. The first-order valence-corrected chi connectivity index (χ1v) is 5.85. The van der Waals surface area contributed by atoms with Crippen molar-refractivity contribution in [2.45, 2.75) is 32.7 Å². The Morgan fingerprint density at radius 3 is 2.72 bits per heavy atom. The maximum atomic E-state index is 11.5. The topological polar surface area (TPSA) is 86.1 Å². The Bertz CT molecular complexity index is 428. The van der Waals surface area contributed by atoms with Crippen molar-refractivity contribution in [1.29, 1.82) is 0 Å².